The Labute approximate surface area is 189 Å². The molecule has 0 unspecified atom stereocenters. The number of benzene rings is 1. The summed E-state index contributed by atoms with van der Waals surface area (Å²) in [5.74, 6) is -0.115. The summed E-state index contributed by atoms with van der Waals surface area (Å²) < 4.78 is 29.1. The molecule has 1 saturated heterocycles. The molecule has 10 heteroatoms. The molecule has 2 amide bonds. The fourth-order valence-corrected chi connectivity index (χ4v) is 5.18. The minimum Gasteiger partial charge on any atom is -0.352 e. The number of nitrogens with zero attached hydrogens (tertiary/aromatic N) is 4. The number of rotatable bonds is 7. The molecule has 3 rings (SSSR count). The molecular weight excluding hydrogens is 430 g/mol. The van der Waals surface area contributed by atoms with Gasteiger partial charge >= 0.3 is 0 Å². The first-order chi connectivity index (χ1) is 15.1. The zero-order valence-electron chi connectivity index (χ0n) is 19.0. The van der Waals surface area contributed by atoms with E-state index in [-0.39, 0.29) is 35.7 Å². The number of nitrogens with one attached hydrogen (secondary N) is 1. The van der Waals surface area contributed by atoms with Gasteiger partial charge in [0, 0.05) is 57.4 Å². The first kappa shape index (κ1) is 23.9. The number of sulfonamides is 1. The molecule has 0 saturated carbocycles. The van der Waals surface area contributed by atoms with E-state index in [9.17, 15) is 18.0 Å². The number of carbonyl (C=O) groups excluding carboxylic acids is 2. The number of hydrogen-bond donors (Lipinski definition) is 1. The fourth-order valence-electron chi connectivity index (χ4n) is 3.76. The predicted molar refractivity (Wildman–Crippen MR) is 121 cm³/mol. The van der Waals surface area contributed by atoms with E-state index in [4.69, 9.17) is 0 Å². The number of aromatic nitrogens is 2. The molecule has 0 spiro atoms. The van der Waals surface area contributed by atoms with Crippen LogP contribution in [0.1, 0.15) is 35.6 Å². The second-order valence-electron chi connectivity index (χ2n) is 8.36. The Bertz CT molecular complexity index is 1070. The van der Waals surface area contributed by atoms with Crippen LogP contribution in [0, 0.1) is 19.8 Å². The Kier molecular flexibility index (Phi) is 7.35. The second-order valence-corrected chi connectivity index (χ2v) is 10.3. The highest BCUT2D eigenvalue weighted by molar-refractivity contribution is 7.89. The molecule has 0 radical (unpaired) electrons. The van der Waals surface area contributed by atoms with Crippen LogP contribution in [0.5, 0.6) is 0 Å². The SMILES string of the molecule is CC(=O)N1CCN(S(=O)(=O)c2ccc(C(=O)NC[C@@H](C)Cn3nc(C)cc3C)cc2)CC1. The summed E-state index contributed by atoms with van der Waals surface area (Å²) >= 11 is 0. The van der Waals surface area contributed by atoms with Crippen LogP contribution in [0.25, 0.3) is 0 Å². The standard InChI is InChI=1S/C22H31N5O4S/c1-16(15-27-18(3)13-17(2)24-27)14-23-22(29)20-5-7-21(8-6-20)32(30,31)26-11-9-25(10-12-26)19(4)28/h5-8,13,16H,9-12,14-15H2,1-4H3,(H,23,29)/t16-/m1/s1. The molecule has 1 aromatic heterocycles. The maximum atomic E-state index is 12.9. The van der Waals surface area contributed by atoms with Crippen LogP contribution in [-0.2, 0) is 21.4 Å². The summed E-state index contributed by atoms with van der Waals surface area (Å²) in [7, 11) is -3.66. The monoisotopic (exact) mass is 461 g/mol. The van der Waals surface area contributed by atoms with E-state index < -0.39 is 10.0 Å². The topological polar surface area (TPSA) is 105 Å². The first-order valence-electron chi connectivity index (χ1n) is 10.7. The Hall–Kier alpha value is -2.72. The van der Waals surface area contributed by atoms with Gasteiger partial charge in [-0.25, -0.2) is 8.42 Å². The highest BCUT2D eigenvalue weighted by atomic mass is 32.2. The summed E-state index contributed by atoms with van der Waals surface area (Å²) in [6.45, 7) is 9.94. The lowest BCUT2D eigenvalue weighted by atomic mass is 10.1. The van der Waals surface area contributed by atoms with Crippen molar-refractivity contribution in [2.45, 2.75) is 39.1 Å². The van der Waals surface area contributed by atoms with E-state index in [0.717, 1.165) is 11.4 Å². The number of carbonyl (C=O) groups is 2. The second kappa shape index (κ2) is 9.83. The highest BCUT2D eigenvalue weighted by Gasteiger charge is 2.29. The van der Waals surface area contributed by atoms with Gasteiger partial charge in [-0.2, -0.15) is 9.40 Å². The van der Waals surface area contributed by atoms with Crippen LogP contribution in [-0.4, -0.2) is 71.9 Å². The summed E-state index contributed by atoms with van der Waals surface area (Å²) in [4.78, 5) is 25.7. The maximum Gasteiger partial charge on any atom is 0.251 e. The lowest BCUT2D eigenvalue weighted by Gasteiger charge is -2.33. The van der Waals surface area contributed by atoms with Crippen molar-refractivity contribution in [3.05, 3.63) is 47.3 Å². The van der Waals surface area contributed by atoms with Gasteiger partial charge in [-0.05, 0) is 50.1 Å². The molecule has 1 N–H and O–H groups in total. The summed E-state index contributed by atoms with van der Waals surface area (Å²) in [6, 6.07) is 7.99. The van der Waals surface area contributed by atoms with Crippen molar-refractivity contribution in [1.29, 1.82) is 0 Å². The quantitative estimate of drug-likeness (QED) is 0.672. The average Bonchev–Trinajstić information content (AvgIpc) is 3.08. The van der Waals surface area contributed by atoms with Crippen LogP contribution < -0.4 is 5.32 Å². The minimum atomic E-state index is -3.66. The van der Waals surface area contributed by atoms with Gasteiger partial charge in [0.15, 0.2) is 0 Å². The Balaban J connectivity index is 1.55. The number of aryl methyl sites for hydroxylation is 2. The lowest BCUT2D eigenvalue weighted by molar-refractivity contribution is -0.129. The van der Waals surface area contributed by atoms with Crippen LogP contribution in [0.15, 0.2) is 35.2 Å². The van der Waals surface area contributed by atoms with Gasteiger partial charge in [0.05, 0.1) is 10.6 Å². The average molecular weight is 462 g/mol. The minimum absolute atomic E-state index is 0.0541. The highest BCUT2D eigenvalue weighted by Crippen LogP contribution is 2.18. The molecular formula is C22H31N5O4S. The van der Waals surface area contributed by atoms with Crippen molar-refractivity contribution in [2.24, 2.45) is 5.92 Å². The molecule has 1 atom stereocenters. The normalized spacial score (nSPS) is 16.1. The summed E-state index contributed by atoms with van der Waals surface area (Å²) in [6.07, 6.45) is 0. The van der Waals surface area contributed by atoms with Gasteiger partial charge in [0.25, 0.3) is 5.91 Å². The van der Waals surface area contributed by atoms with Gasteiger partial charge in [0.1, 0.15) is 0 Å². The van der Waals surface area contributed by atoms with E-state index in [1.54, 1.807) is 4.90 Å². The molecule has 174 valence electrons. The molecule has 1 aliphatic rings. The van der Waals surface area contributed by atoms with Crippen LogP contribution in [0.3, 0.4) is 0 Å². The number of hydrogen-bond acceptors (Lipinski definition) is 5. The first-order valence-corrected chi connectivity index (χ1v) is 12.2. The van der Waals surface area contributed by atoms with Gasteiger partial charge in [-0.1, -0.05) is 6.92 Å². The van der Waals surface area contributed by atoms with Gasteiger partial charge < -0.3 is 10.2 Å². The van der Waals surface area contributed by atoms with Crippen LogP contribution in [0.2, 0.25) is 0 Å². The molecule has 32 heavy (non-hydrogen) atoms. The van der Waals surface area contributed by atoms with Crippen LogP contribution in [0.4, 0.5) is 0 Å². The van der Waals surface area contributed by atoms with Crippen molar-refractivity contribution in [3.8, 4) is 0 Å². The van der Waals surface area contributed by atoms with E-state index in [1.165, 1.54) is 35.5 Å². The molecule has 1 aliphatic heterocycles. The largest absolute Gasteiger partial charge is 0.352 e. The third kappa shape index (κ3) is 5.55. The van der Waals surface area contributed by atoms with E-state index >= 15 is 0 Å². The van der Waals surface area contributed by atoms with E-state index in [2.05, 4.69) is 10.4 Å². The predicted octanol–water partition coefficient (Wildman–Crippen LogP) is 1.42. The Morgan fingerprint density at radius 3 is 2.25 bits per heavy atom. The third-order valence-electron chi connectivity index (χ3n) is 5.64. The zero-order chi connectivity index (χ0) is 23.5. The number of amides is 2. The van der Waals surface area contributed by atoms with Crippen LogP contribution >= 0.6 is 0 Å². The zero-order valence-corrected chi connectivity index (χ0v) is 19.9. The van der Waals surface area contributed by atoms with E-state index in [0.29, 0.717) is 31.7 Å². The molecule has 9 nitrogen and oxygen atoms in total. The lowest BCUT2D eigenvalue weighted by Crippen LogP contribution is -2.49. The number of piperazine rings is 1. The van der Waals surface area contributed by atoms with Crippen molar-refractivity contribution < 1.29 is 18.0 Å². The Morgan fingerprint density at radius 1 is 1.09 bits per heavy atom. The van der Waals surface area contributed by atoms with Crippen molar-refractivity contribution in [2.75, 3.05) is 32.7 Å². The maximum absolute atomic E-state index is 12.9. The molecule has 0 aliphatic carbocycles. The van der Waals surface area contributed by atoms with Crippen molar-refractivity contribution in [1.82, 2.24) is 24.3 Å². The molecule has 0 bridgehead atoms. The molecule has 2 aromatic rings. The van der Waals surface area contributed by atoms with Gasteiger partial charge in [0.2, 0.25) is 15.9 Å². The fraction of sp³-hybridized carbons (Fsp3) is 0.500. The molecule has 1 aromatic carbocycles. The van der Waals surface area contributed by atoms with E-state index in [1.807, 2.05) is 31.5 Å². The molecule has 1 fully saturated rings. The van der Waals surface area contributed by atoms with Crippen molar-refractivity contribution >= 4 is 21.8 Å². The summed E-state index contributed by atoms with van der Waals surface area (Å²) in [5, 5.41) is 7.35. The van der Waals surface area contributed by atoms with Gasteiger partial charge in [-0.15, -0.1) is 0 Å². The summed E-state index contributed by atoms with van der Waals surface area (Å²) in [5.41, 5.74) is 2.46. The van der Waals surface area contributed by atoms with Gasteiger partial charge in [-0.3, -0.25) is 14.3 Å². The third-order valence-corrected chi connectivity index (χ3v) is 7.55. The Morgan fingerprint density at radius 2 is 1.72 bits per heavy atom. The smallest absolute Gasteiger partial charge is 0.251 e. The van der Waals surface area contributed by atoms with Crippen molar-refractivity contribution in [3.63, 3.8) is 0 Å². The molecule has 2 heterocycles.